The number of sulfonamides is 1. The van der Waals surface area contributed by atoms with Gasteiger partial charge in [0.05, 0.1) is 5.75 Å². The summed E-state index contributed by atoms with van der Waals surface area (Å²) in [5.41, 5.74) is 0. The molecule has 1 N–H and O–H groups in total. The molecule has 96 valence electrons. The van der Waals surface area contributed by atoms with E-state index >= 15 is 0 Å². The fraction of sp³-hybridized carbons (Fsp3) is 1.00. The highest BCUT2D eigenvalue weighted by atomic mass is 32.2. The number of nitrogens with zero attached hydrogens (tertiary/aromatic N) is 1. The molecular weight excluding hydrogens is 224 g/mol. The normalized spacial score (nSPS) is 21.8. The van der Waals surface area contributed by atoms with Crippen molar-refractivity contribution in [2.75, 3.05) is 25.4 Å². The zero-order chi connectivity index (χ0) is 12.0. The lowest BCUT2D eigenvalue weighted by Gasteiger charge is -2.24. The van der Waals surface area contributed by atoms with Crippen LogP contribution in [-0.4, -0.2) is 44.2 Å². The van der Waals surface area contributed by atoms with Crippen LogP contribution in [0.2, 0.25) is 0 Å². The summed E-state index contributed by atoms with van der Waals surface area (Å²) in [6.45, 7) is 6.15. The molecule has 5 heteroatoms. The first kappa shape index (κ1) is 13.9. The molecule has 1 rings (SSSR count). The molecule has 0 spiro atoms. The lowest BCUT2D eigenvalue weighted by atomic mass is 10.2. The van der Waals surface area contributed by atoms with Crippen molar-refractivity contribution < 1.29 is 8.42 Å². The fourth-order valence-electron chi connectivity index (χ4n) is 2.02. The molecule has 0 saturated carbocycles. The molecule has 1 heterocycles. The lowest BCUT2D eigenvalue weighted by molar-refractivity contribution is 0.364. The topological polar surface area (TPSA) is 49.4 Å². The molecule has 0 bridgehead atoms. The Morgan fingerprint density at radius 1 is 1.38 bits per heavy atom. The lowest BCUT2D eigenvalue weighted by Crippen LogP contribution is -2.42. The van der Waals surface area contributed by atoms with E-state index in [4.69, 9.17) is 0 Å². The highest BCUT2D eigenvalue weighted by molar-refractivity contribution is 7.89. The Hall–Kier alpha value is -0.130. The number of unbranched alkanes of at least 4 members (excludes halogenated alkanes) is 1. The van der Waals surface area contributed by atoms with Crippen molar-refractivity contribution in [3.05, 3.63) is 0 Å². The Balaban J connectivity index is 2.55. The van der Waals surface area contributed by atoms with Crippen LogP contribution < -0.4 is 5.32 Å². The zero-order valence-corrected chi connectivity index (χ0v) is 11.2. The van der Waals surface area contributed by atoms with Gasteiger partial charge in [-0.05, 0) is 32.7 Å². The monoisotopic (exact) mass is 248 g/mol. The summed E-state index contributed by atoms with van der Waals surface area (Å²) in [6.07, 6.45) is 4.25. The quantitative estimate of drug-likeness (QED) is 0.736. The molecule has 0 radical (unpaired) electrons. The van der Waals surface area contributed by atoms with E-state index in [-0.39, 0.29) is 5.75 Å². The molecule has 0 aromatic heterocycles. The van der Waals surface area contributed by atoms with Crippen LogP contribution >= 0.6 is 0 Å². The predicted molar refractivity (Wildman–Crippen MR) is 67.0 cm³/mol. The molecule has 1 atom stereocenters. The van der Waals surface area contributed by atoms with Gasteiger partial charge in [0.2, 0.25) is 10.0 Å². The van der Waals surface area contributed by atoms with Crippen LogP contribution in [0.15, 0.2) is 0 Å². The maximum atomic E-state index is 11.9. The first-order valence-electron chi connectivity index (χ1n) is 6.31. The second-order valence-corrected chi connectivity index (χ2v) is 6.66. The first-order chi connectivity index (χ1) is 7.60. The van der Waals surface area contributed by atoms with E-state index in [2.05, 4.69) is 12.2 Å². The van der Waals surface area contributed by atoms with Crippen molar-refractivity contribution in [3.63, 3.8) is 0 Å². The first-order valence-corrected chi connectivity index (χ1v) is 7.92. The van der Waals surface area contributed by atoms with Gasteiger partial charge < -0.3 is 5.32 Å². The van der Waals surface area contributed by atoms with Crippen molar-refractivity contribution in [1.82, 2.24) is 9.62 Å². The Bertz CT molecular complexity index is 284. The van der Waals surface area contributed by atoms with E-state index in [1.165, 1.54) is 6.42 Å². The van der Waals surface area contributed by atoms with Crippen LogP contribution in [0.1, 0.15) is 39.5 Å². The van der Waals surface area contributed by atoms with E-state index < -0.39 is 10.0 Å². The predicted octanol–water partition coefficient (Wildman–Crippen LogP) is 1.19. The van der Waals surface area contributed by atoms with Crippen molar-refractivity contribution in [3.8, 4) is 0 Å². The highest BCUT2D eigenvalue weighted by Gasteiger charge is 2.24. The third-order valence-corrected chi connectivity index (χ3v) is 4.95. The largest absolute Gasteiger partial charge is 0.313 e. The Morgan fingerprint density at radius 2 is 2.12 bits per heavy atom. The van der Waals surface area contributed by atoms with E-state index in [0.717, 1.165) is 25.8 Å². The van der Waals surface area contributed by atoms with Crippen LogP contribution in [0.5, 0.6) is 0 Å². The summed E-state index contributed by atoms with van der Waals surface area (Å²) in [4.78, 5) is 0. The van der Waals surface area contributed by atoms with Crippen molar-refractivity contribution in [2.45, 2.75) is 45.6 Å². The Kier molecular flexibility index (Phi) is 5.72. The smallest absolute Gasteiger partial charge is 0.213 e. The van der Waals surface area contributed by atoms with Gasteiger partial charge >= 0.3 is 0 Å². The van der Waals surface area contributed by atoms with E-state index in [1.807, 2.05) is 0 Å². The molecule has 1 fully saturated rings. The maximum absolute atomic E-state index is 11.9. The zero-order valence-electron chi connectivity index (χ0n) is 10.4. The summed E-state index contributed by atoms with van der Waals surface area (Å²) in [5.74, 6) is 0.212. The summed E-state index contributed by atoms with van der Waals surface area (Å²) in [5, 5.41) is 3.35. The third kappa shape index (κ3) is 4.03. The van der Waals surface area contributed by atoms with Gasteiger partial charge in [0.1, 0.15) is 0 Å². The molecule has 1 unspecified atom stereocenters. The van der Waals surface area contributed by atoms with Crippen LogP contribution in [-0.2, 0) is 10.0 Å². The molecule has 0 aliphatic carbocycles. The van der Waals surface area contributed by atoms with E-state index in [1.54, 1.807) is 11.2 Å². The van der Waals surface area contributed by atoms with Crippen molar-refractivity contribution in [1.29, 1.82) is 0 Å². The molecule has 4 nitrogen and oxygen atoms in total. The summed E-state index contributed by atoms with van der Waals surface area (Å²) < 4.78 is 25.4. The molecule has 1 aliphatic rings. The van der Waals surface area contributed by atoms with Gasteiger partial charge in [-0.3, -0.25) is 0 Å². The SMILES string of the molecule is CCCCN(CC1CCCN1)S(=O)(=O)CC. The Labute approximate surface area is 99.5 Å². The number of hydrogen-bond acceptors (Lipinski definition) is 3. The Morgan fingerprint density at radius 3 is 2.62 bits per heavy atom. The van der Waals surface area contributed by atoms with Gasteiger partial charge in [-0.25, -0.2) is 12.7 Å². The highest BCUT2D eigenvalue weighted by Crippen LogP contribution is 2.11. The molecule has 16 heavy (non-hydrogen) atoms. The molecule has 0 amide bonds. The van der Waals surface area contributed by atoms with Crippen LogP contribution in [0, 0.1) is 0 Å². The molecule has 1 aliphatic heterocycles. The standard InChI is InChI=1S/C11H24N2O2S/c1-3-5-9-13(16(14,15)4-2)10-11-7-6-8-12-11/h11-12H,3-10H2,1-2H3. The average molecular weight is 248 g/mol. The second-order valence-electron chi connectivity index (χ2n) is 4.41. The third-order valence-electron chi connectivity index (χ3n) is 3.11. The van der Waals surface area contributed by atoms with Gasteiger partial charge in [0, 0.05) is 19.1 Å². The number of nitrogens with one attached hydrogen (secondary N) is 1. The summed E-state index contributed by atoms with van der Waals surface area (Å²) in [6, 6.07) is 0.359. The molecule has 0 aromatic rings. The number of hydrogen-bond donors (Lipinski definition) is 1. The van der Waals surface area contributed by atoms with Gasteiger partial charge in [-0.1, -0.05) is 13.3 Å². The van der Waals surface area contributed by atoms with Crippen molar-refractivity contribution in [2.24, 2.45) is 0 Å². The fourth-order valence-corrected chi connectivity index (χ4v) is 3.20. The van der Waals surface area contributed by atoms with Gasteiger partial charge in [-0.2, -0.15) is 0 Å². The number of rotatable bonds is 7. The molecule has 1 saturated heterocycles. The van der Waals surface area contributed by atoms with Crippen LogP contribution in [0.4, 0.5) is 0 Å². The van der Waals surface area contributed by atoms with Crippen LogP contribution in [0.3, 0.4) is 0 Å². The van der Waals surface area contributed by atoms with Gasteiger partial charge in [-0.15, -0.1) is 0 Å². The maximum Gasteiger partial charge on any atom is 0.213 e. The van der Waals surface area contributed by atoms with Gasteiger partial charge in [0.25, 0.3) is 0 Å². The van der Waals surface area contributed by atoms with Crippen molar-refractivity contribution >= 4 is 10.0 Å². The minimum atomic E-state index is -3.03. The molecule has 0 aromatic carbocycles. The van der Waals surface area contributed by atoms with E-state index in [9.17, 15) is 8.42 Å². The average Bonchev–Trinajstić information content (AvgIpc) is 2.76. The molecular formula is C11H24N2O2S. The minimum absolute atomic E-state index is 0.212. The summed E-state index contributed by atoms with van der Waals surface area (Å²) >= 11 is 0. The van der Waals surface area contributed by atoms with Gasteiger partial charge in [0.15, 0.2) is 0 Å². The summed E-state index contributed by atoms with van der Waals surface area (Å²) in [7, 11) is -3.03. The minimum Gasteiger partial charge on any atom is -0.313 e. The second kappa shape index (κ2) is 6.57. The van der Waals surface area contributed by atoms with Crippen LogP contribution in [0.25, 0.3) is 0 Å². The van der Waals surface area contributed by atoms with E-state index in [0.29, 0.717) is 19.1 Å².